The molecule has 0 aromatic rings. The molecular weight excluding hydrogens is 192 g/mol. The molecule has 1 saturated heterocycles. The van der Waals surface area contributed by atoms with Crippen LogP contribution in [-0.4, -0.2) is 30.3 Å². The van der Waals surface area contributed by atoms with Crippen LogP contribution in [0.1, 0.15) is 40.5 Å². The number of piperidine rings is 1. The van der Waals surface area contributed by atoms with E-state index in [9.17, 15) is 4.79 Å². The topological polar surface area (TPSA) is 50.4 Å². The Balaban J connectivity index is 2.27. The van der Waals surface area contributed by atoms with Crippen LogP contribution in [0, 0.1) is 0 Å². The van der Waals surface area contributed by atoms with Gasteiger partial charge in [-0.1, -0.05) is 0 Å². The molecule has 4 nitrogen and oxygen atoms in total. The number of carbonyl (C=O) groups excluding carboxylic acids is 1. The molecule has 1 aliphatic heterocycles. The van der Waals surface area contributed by atoms with Gasteiger partial charge in [0.25, 0.3) is 0 Å². The van der Waals surface area contributed by atoms with Crippen LogP contribution < -0.4 is 10.6 Å². The highest BCUT2D eigenvalue weighted by atomic mass is 16.6. The number of amides is 1. The first kappa shape index (κ1) is 12.3. The number of alkyl carbamates (subject to hydrolysis) is 1. The summed E-state index contributed by atoms with van der Waals surface area (Å²) >= 11 is 0. The maximum Gasteiger partial charge on any atom is 0.407 e. The second kappa shape index (κ2) is 4.84. The summed E-state index contributed by atoms with van der Waals surface area (Å²) in [5.41, 5.74) is -0.417. The van der Waals surface area contributed by atoms with Crippen LogP contribution in [0.2, 0.25) is 0 Å². The van der Waals surface area contributed by atoms with Gasteiger partial charge in [0.1, 0.15) is 5.60 Å². The molecule has 1 heterocycles. The van der Waals surface area contributed by atoms with Gasteiger partial charge in [-0.3, -0.25) is 0 Å². The Bertz CT molecular complexity index is 215. The van der Waals surface area contributed by atoms with Gasteiger partial charge in [0.2, 0.25) is 0 Å². The van der Waals surface area contributed by atoms with Crippen LogP contribution in [-0.2, 0) is 4.74 Å². The van der Waals surface area contributed by atoms with Gasteiger partial charge < -0.3 is 15.4 Å². The Kier molecular flexibility index (Phi) is 3.97. The summed E-state index contributed by atoms with van der Waals surface area (Å²) in [7, 11) is 0. The first-order chi connectivity index (χ1) is 6.87. The fourth-order valence-electron chi connectivity index (χ4n) is 1.60. The number of hydrogen-bond donors (Lipinski definition) is 2. The van der Waals surface area contributed by atoms with Crippen molar-refractivity contribution in [3.05, 3.63) is 0 Å². The Morgan fingerprint density at radius 2 is 2.07 bits per heavy atom. The van der Waals surface area contributed by atoms with Gasteiger partial charge in [-0.15, -0.1) is 0 Å². The minimum Gasteiger partial charge on any atom is -0.444 e. The largest absolute Gasteiger partial charge is 0.444 e. The highest BCUT2D eigenvalue weighted by Crippen LogP contribution is 2.10. The molecular formula is C11H22N2O2. The molecule has 15 heavy (non-hydrogen) atoms. The lowest BCUT2D eigenvalue weighted by Gasteiger charge is -2.29. The lowest BCUT2D eigenvalue weighted by molar-refractivity contribution is 0.0494. The molecule has 0 saturated carbocycles. The third kappa shape index (κ3) is 5.02. The van der Waals surface area contributed by atoms with E-state index < -0.39 is 5.60 Å². The van der Waals surface area contributed by atoms with Gasteiger partial charge in [-0.25, -0.2) is 4.79 Å². The number of ether oxygens (including phenoxy) is 1. The van der Waals surface area contributed by atoms with E-state index in [1.807, 2.05) is 20.8 Å². The van der Waals surface area contributed by atoms with Crippen LogP contribution in [0.5, 0.6) is 0 Å². The van der Waals surface area contributed by atoms with E-state index in [4.69, 9.17) is 4.74 Å². The first-order valence-electron chi connectivity index (χ1n) is 5.60. The number of nitrogens with one attached hydrogen (secondary N) is 2. The highest BCUT2D eigenvalue weighted by Gasteiger charge is 2.22. The van der Waals surface area contributed by atoms with Gasteiger partial charge in [-0.2, -0.15) is 0 Å². The number of hydrogen-bond acceptors (Lipinski definition) is 3. The zero-order valence-corrected chi connectivity index (χ0v) is 10.1. The lowest BCUT2D eigenvalue weighted by atomic mass is 10.0. The minimum atomic E-state index is -0.417. The van der Waals surface area contributed by atoms with Crippen molar-refractivity contribution in [2.45, 2.75) is 58.2 Å². The third-order valence-electron chi connectivity index (χ3n) is 2.38. The molecule has 2 atom stereocenters. The first-order valence-corrected chi connectivity index (χ1v) is 5.60. The fraction of sp³-hybridized carbons (Fsp3) is 0.909. The molecule has 1 amide bonds. The molecule has 88 valence electrons. The maximum atomic E-state index is 11.4. The van der Waals surface area contributed by atoms with Gasteiger partial charge in [0.15, 0.2) is 0 Å². The summed E-state index contributed by atoms with van der Waals surface area (Å²) in [6.07, 6.45) is 1.80. The molecule has 4 heteroatoms. The second-order valence-corrected chi connectivity index (χ2v) is 5.23. The molecule has 0 radical (unpaired) electrons. The summed E-state index contributed by atoms with van der Waals surface area (Å²) in [4.78, 5) is 11.4. The predicted molar refractivity (Wildman–Crippen MR) is 59.9 cm³/mol. The molecule has 2 N–H and O–H groups in total. The molecule has 0 unspecified atom stereocenters. The summed E-state index contributed by atoms with van der Waals surface area (Å²) in [6.45, 7) is 8.60. The zero-order valence-electron chi connectivity index (χ0n) is 10.1. The van der Waals surface area contributed by atoms with Crippen molar-refractivity contribution in [3.8, 4) is 0 Å². The van der Waals surface area contributed by atoms with Crippen molar-refractivity contribution in [1.29, 1.82) is 0 Å². The molecule has 1 fully saturated rings. The van der Waals surface area contributed by atoms with E-state index in [-0.39, 0.29) is 12.1 Å². The van der Waals surface area contributed by atoms with Crippen LogP contribution in [0.4, 0.5) is 4.79 Å². The zero-order chi connectivity index (χ0) is 11.5. The monoisotopic (exact) mass is 214 g/mol. The van der Waals surface area contributed by atoms with Crippen LogP contribution in [0.3, 0.4) is 0 Å². The molecule has 0 bridgehead atoms. The van der Waals surface area contributed by atoms with Gasteiger partial charge >= 0.3 is 6.09 Å². The van der Waals surface area contributed by atoms with Crippen molar-refractivity contribution in [2.75, 3.05) is 6.54 Å². The average Bonchev–Trinajstić information content (AvgIpc) is 2.05. The quantitative estimate of drug-likeness (QED) is 0.698. The summed E-state index contributed by atoms with van der Waals surface area (Å²) in [5.74, 6) is 0. The Morgan fingerprint density at radius 1 is 1.40 bits per heavy atom. The average molecular weight is 214 g/mol. The third-order valence-corrected chi connectivity index (χ3v) is 2.38. The highest BCUT2D eigenvalue weighted by molar-refractivity contribution is 5.68. The van der Waals surface area contributed by atoms with Gasteiger partial charge in [0.05, 0.1) is 0 Å². The van der Waals surface area contributed by atoms with Crippen molar-refractivity contribution >= 4 is 6.09 Å². The maximum absolute atomic E-state index is 11.4. The minimum absolute atomic E-state index is 0.205. The van der Waals surface area contributed by atoms with Gasteiger partial charge in [-0.05, 0) is 40.5 Å². The molecule has 0 spiro atoms. The molecule has 0 aromatic heterocycles. The van der Waals surface area contributed by atoms with E-state index in [1.54, 1.807) is 0 Å². The van der Waals surface area contributed by atoms with E-state index in [0.717, 1.165) is 19.4 Å². The number of carbonyl (C=O) groups is 1. The lowest BCUT2D eigenvalue weighted by Crippen LogP contribution is -2.49. The Hall–Kier alpha value is -0.770. The van der Waals surface area contributed by atoms with Crippen molar-refractivity contribution < 1.29 is 9.53 Å². The van der Waals surface area contributed by atoms with Crippen LogP contribution in [0.15, 0.2) is 0 Å². The van der Waals surface area contributed by atoms with E-state index in [1.165, 1.54) is 0 Å². The van der Waals surface area contributed by atoms with E-state index >= 15 is 0 Å². The fourth-order valence-corrected chi connectivity index (χ4v) is 1.60. The van der Waals surface area contributed by atoms with Crippen LogP contribution >= 0.6 is 0 Å². The van der Waals surface area contributed by atoms with Gasteiger partial charge in [0, 0.05) is 18.6 Å². The molecule has 1 rings (SSSR count). The second-order valence-electron chi connectivity index (χ2n) is 5.23. The number of rotatable bonds is 1. The SMILES string of the molecule is C[C@H]1CC[C@@H](NC(=O)OC(C)(C)C)CN1. The summed E-state index contributed by atoms with van der Waals surface area (Å²) in [5, 5.41) is 6.20. The summed E-state index contributed by atoms with van der Waals surface area (Å²) in [6, 6.07) is 0.762. The van der Waals surface area contributed by atoms with Crippen molar-refractivity contribution in [2.24, 2.45) is 0 Å². The van der Waals surface area contributed by atoms with Crippen molar-refractivity contribution in [3.63, 3.8) is 0 Å². The van der Waals surface area contributed by atoms with Crippen LogP contribution in [0.25, 0.3) is 0 Å². The normalized spacial score (nSPS) is 27.2. The standard InChI is InChI=1S/C11H22N2O2/c1-8-5-6-9(7-12-8)13-10(14)15-11(2,3)4/h8-9,12H,5-7H2,1-4H3,(H,13,14)/t8-,9+/m0/s1. The Morgan fingerprint density at radius 3 is 2.53 bits per heavy atom. The molecule has 1 aliphatic rings. The smallest absolute Gasteiger partial charge is 0.407 e. The molecule has 0 aromatic carbocycles. The van der Waals surface area contributed by atoms with Crippen molar-refractivity contribution in [1.82, 2.24) is 10.6 Å². The summed E-state index contributed by atoms with van der Waals surface area (Å²) < 4.78 is 5.19. The van der Waals surface area contributed by atoms with E-state index in [0.29, 0.717) is 6.04 Å². The predicted octanol–water partition coefficient (Wildman–Crippen LogP) is 1.65. The molecule has 0 aliphatic carbocycles. The van der Waals surface area contributed by atoms with E-state index in [2.05, 4.69) is 17.6 Å². The Labute approximate surface area is 91.8 Å².